The summed E-state index contributed by atoms with van der Waals surface area (Å²) in [6, 6.07) is 6.69. The Bertz CT molecular complexity index is 1250. The number of hydrogen-bond donors (Lipinski definition) is 3. The fourth-order valence-corrected chi connectivity index (χ4v) is 3.40. The van der Waals surface area contributed by atoms with Crippen LogP contribution in [0.15, 0.2) is 30.6 Å². The lowest BCUT2D eigenvalue weighted by atomic mass is 9.49. The zero-order valence-electron chi connectivity index (χ0n) is 21.7. The standard InChI is InChI=1S/C21H30B3N9O3/c1-5-9-32(2)20(35)27-15-10-14(16(30-29-15)19(34)28-21(22,23)24)26-13-8-6-7-12(17(13)36-4)18-25-11-33(3)31-18/h6-8,10-11H,5,9,22-24H2,1-4H3,(H,28,34)(H2,26,27,29,35). The van der Waals surface area contributed by atoms with Crippen molar-refractivity contribution >= 4 is 52.7 Å². The number of rotatable bonds is 9. The topological polar surface area (TPSA) is 139 Å². The lowest BCUT2D eigenvalue weighted by molar-refractivity contribution is 0.0947. The quantitative estimate of drug-likeness (QED) is 0.331. The molecule has 0 fully saturated rings. The molecule has 0 aliphatic rings. The van der Waals surface area contributed by atoms with Crippen LogP contribution >= 0.6 is 0 Å². The highest BCUT2D eigenvalue weighted by atomic mass is 16.5. The Morgan fingerprint density at radius 1 is 1.19 bits per heavy atom. The maximum Gasteiger partial charge on any atom is 0.322 e. The monoisotopic (exact) mass is 489 g/mol. The van der Waals surface area contributed by atoms with Crippen molar-refractivity contribution in [1.82, 2.24) is 35.2 Å². The van der Waals surface area contributed by atoms with Crippen LogP contribution in [0.3, 0.4) is 0 Å². The molecule has 3 N–H and O–H groups in total. The SMILES string of the molecule is BC(B)(B)NC(=O)c1nnc(NC(=O)N(C)CCC)cc1Nc1cccc(-c2ncn(C)n2)c1OC. The van der Waals surface area contributed by atoms with Gasteiger partial charge in [-0.15, -0.1) is 10.2 Å². The molecular weight excluding hydrogens is 459 g/mol. The molecule has 0 unspecified atom stereocenters. The molecule has 3 aromatic rings. The van der Waals surface area contributed by atoms with Gasteiger partial charge in [-0.1, -0.05) is 13.0 Å². The number of aryl methyl sites for hydroxylation is 1. The fourth-order valence-electron chi connectivity index (χ4n) is 3.40. The van der Waals surface area contributed by atoms with Gasteiger partial charge in [-0.2, -0.15) is 5.10 Å². The van der Waals surface area contributed by atoms with Crippen molar-refractivity contribution in [1.29, 1.82) is 0 Å². The first-order valence-corrected chi connectivity index (χ1v) is 11.5. The molecule has 1 aromatic carbocycles. The molecule has 3 amide bonds. The molecule has 12 nitrogen and oxygen atoms in total. The molecule has 36 heavy (non-hydrogen) atoms. The van der Waals surface area contributed by atoms with Crippen molar-refractivity contribution in [2.75, 3.05) is 31.3 Å². The van der Waals surface area contributed by atoms with Gasteiger partial charge in [0.1, 0.15) is 29.9 Å². The van der Waals surface area contributed by atoms with E-state index in [4.69, 9.17) is 4.74 Å². The van der Waals surface area contributed by atoms with Crippen LogP contribution in [0.25, 0.3) is 11.4 Å². The van der Waals surface area contributed by atoms with E-state index in [1.54, 1.807) is 49.2 Å². The number of nitrogens with one attached hydrogen (secondary N) is 3. The van der Waals surface area contributed by atoms with Crippen LogP contribution < -0.4 is 20.7 Å². The summed E-state index contributed by atoms with van der Waals surface area (Å²) < 4.78 is 7.28. The van der Waals surface area contributed by atoms with Crippen LogP contribution in [-0.4, -0.2) is 91.3 Å². The number of urea groups is 1. The van der Waals surface area contributed by atoms with E-state index in [1.807, 2.05) is 42.6 Å². The van der Waals surface area contributed by atoms with Crippen molar-refractivity contribution in [3.8, 4) is 17.1 Å². The lowest BCUT2D eigenvalue weighted by Crippen LogP contribution is -2.50. The highest BCUT2D eigenvalue weighted by Crippen LogP contribution is 2.37. The molecule has 0 radical (unpaired) electrons. The number of amides is 3. The van der Waals surface area contributed by atoms with Crippen LogP contribution in [0.2, 0.25) is 0 Å². The molecule has 2 aromatic heterocycles. The van der Waals surface area contributed by atoms with Crippen molar-refractivity contribution in [3.63, 3.8) is 0 Å². The van der Waals surface area contributed by atoms with Gasteiger partial charge in [0.05, 0.1) is 24.0 Å². The van der Waals surface area contributed by atoms with Crippen molar-refractivity contribution in [2.24, 2.45) is 7.05 Å². The summed E-state index contributed by atoms with van der Waals surface area (Å²) in [6.07, 6.45) is 2.41. The average Bonchev–Trinajstić information content (AvgIpc) is 3.24. The van der Waals surface area contributed by atoms with Gasteiger partial charge < -0.3 is 20.3 Å². The van der Waals surface area contributed by atoms with Gasteiger partial charge in [0.25, 0.3) is 5.91 Å². The number of ether oxygens (including phenoxy) is 1. The Balaban J connectivity index is 2.03. The smallest absolute Gasteiger partial charge is 0.322 e. The van der Waals surface area contributed by atoms with Crippen LogP contribution in [0.1, 0.15) is 23.8 Å². The minimum atomic E-state index is -0.492. The lowest BCUT2D eigenvalue weighted by Gasteiger charge is -2.22. The summed E-state index contributed by atoms with van der Waals surface area (Å²) in [4.78, 5) is 31.4. The van der Waals surface area contributed by atoms with E-state index < -0.39 is 11.1 Å². The van der Waals surface area contributed by atoms with Crippen LogP contribution in [0.5, 0.6) is 5.75 Å². The highest BCUT2D eigenvalue weighted by Gasteiger charge is 2.23. The number of anilines is 3. The molecule has 0 saturated heterocycles. The van der Waals surface area contributed by atoms with Gasteiger partial charge in [0, 0.05) is 26.7 Å². The van der Waals surface area contributed by atoms with Gasteiger partial charge in [-0.3, -0.25) is 14.8 Å². The van der Waals surface area contributed by atoms with E-state index in [0.717, 1.165) is 6.42 Å². The van der Waals surface area contributed by atoms with E-state index in [-0.39, 0.29) is 17.5 Å². The zero-order chi connectivity index (χ0) is 26.5. The molecule has 3 rings (SSSR count). The molecule has 0 saturated carbocycles. The van der Waals surface area contributed by atoms with Crippen molar-refractivity contribution < 1.29 is 14.3 Å². The molecule has 15 heteroatoms. The Morgan fingerprint density at radius 2 is 1.94 bits per heavy atom. The molecule has 2 heterocycles. The average molecular weight is 489 g/mol. The van der Waals surface area contributed by atoms with E-state index in [2.05, 4.69) is 36.2 Å². The first-order valence-electron chi connectivity index (χ1n) is 11.5. The van der Waals surface area contributed by atoms with Crippen LogP contribution in [0, 0.1) is 0 Å². The summed E-state index contributed by atoms with van der Waals surface area (Å²) in [6.45, 7) is 2.57. The normalized spacial score (nSPS) is 11.0. The van der Waals surface area contributed by atoms with E-state index in [9.17, 15) is 9.59 Å². The molecular formula is C21H30B3N9O3. The van der Waals surface area contributed by atoms with Gasteiger partial charge in [-0.25, -0.2) is 9.78 Å². The predicted octanol–water partition coefficient (Wildman–Crippen LogP) is -0.862. The van der Waals surface area contributed by atoms with Gasteiger partial charge in [0.2, 0.25) is 0 Å². The predicted molar refractivity (Wildman–Crippen MR) is 146 cm³/mol. The maximum atomic E-state index is 13.0. The Morgan fingerprint density at radius 3 is 2.56 bits per heavy atom. The van der Waals surface area contributed by atoms with Crippen molar-refractivity contribution in [2.45, 2.75) is 18.6 Å². The second-order valence-corrected chi connectivity index (χ2v) is 9.30. The summed E-state index contributed by atoms with van der Waals surface area (Å²) in [5, 5.41) is 20.9. The van der Waals surface area contributed by atoms with Gasteiger partial charge in [-0.05, 0) is 23.8 Å². The summed E-state index contributed by atoms with van der Waals surface area (Å²) in [7, 11) is 10.6. The summed E-state index contributed by atoms with van der Waals surface area (Å²) in [5.74, 6) is 0.749. The first-order chi connectivity index (χ1) is 17.0. The minimum absolute atomic E-state index is 0.0632. The Kier molecular flexibility index (Phi) is 8.23. The number of hydrogen-bond acceptors (Lipinski definition) is 8. The Labute approximate surface area is 212 Å². The van der Waals surface area contributed by atoms with Gasteiger partial charge in [0.15, 0.2) is 23.1 Å². The third-order valence-electron chi connectivity index (χ3n) is 4.97. The number of carbonyl (C=O) groups excluding carboxylic acids is 2. The maximum absolute atomic E-state index is 13.0. The second kappa shape index (κ2) is 11.1. The van der Waals surface area contributed by atoms with Crippen molar-refractivity contribution in [3.05, 3.63) is 36.3 Å². The Hall–Kier alpha value is -4.03. The molecule has 186 valence electrons. The largest absolute Gasteiger partial charge is 0.494 e. The summed E-state index contributed by atoms with van der Waals surface area (Å²) >= 11 is 0. The number of nitrogens with zero attached hydrogens (tertiary/aromatic N) is 6. The fraction of sp³-hybridized carbons (Fsp3) is 0.333. The number of para-hydroxylation sites is 1. The van der Waals surface area contributed by atoms with E-state index in [1.165, 1.54) is 0 Å². The number of carbonyl (C=O) groups is 2. The highest BCUT2D eigenvalue weighted by molar-refractivity contribution is 6.60. The number of methoxy groups -OCH3 is 1. The van der Waals surface area contributed by atoms with Crippen LogP contribution in [0.4, 0.5) is 22.0 Å². The van der Waals surface area contributed by atoms with Crippen LogP contribution in [-0.2, 0) is 7.05 Å². The second-order valence-electron chi connectivity index (χ2n) is 9.30. The molecule has 0 atom stereocenters. The third-order valence-corrected chi connectivity index (χ3v) is 4.97. The first kappa shape index (κ1) is 26.6. The molecule has 0 aliphatic carbocycles. The summed E-state index contributed by atoms with van der Waals surface area (Å²) in [5.41, 5.74) is 1.62. The van der Waals surface area contributed by atoms with E-state index in [0.29, 0.717) is 35.1 Å². The molecule has 0 spiro atoms. The number of aromatic nitrogens is 5. The number of benzene rings is 1. The zero-order valence-corrected chi connectivity index (χ0v) is 21.7. The molecule has 0 aliphatic heterocycles. The third kappa shape index (κ3) is 6.55. The van der Waals surface area contributed by atoms with E-state index >= 15 is 0 Å². The van der Waals surface area contributed by atoms with Gasteiger partial charge >= 0.3 is 6.03 Å². The minimum Gasteiger partial charge on any atom is -0.494 e. The molecule has 0 bridgehead atoms.